The van der Waals surface area contributed by atoms with Crippen molar-refractivity contribution in [2.45, 2.75) is 32.9 Å². The minimum atomic E-state index is -4.47. The van der Waals surface area contributed by atoms with Crippen molar-refractivity contribution in [3.05, 3.63) is 83.7 Å². The quantitative estimate of drug-likeness (QED) is 0.252. The van der Waals surface area contributed by atoms with E-state index >= 15 is 0 Å². The number of alkyl halides is 3. The van der Waals surface area contributed by atoms with Crippen LogP contribution in [-0.4, -0.2) is 44.7 Å². The molecule has 2 heterocycles. The Balaban J connectivity index is 1.35. The second-order valence-corrected chi connectivity index (χ2v) is 11.0. The molecular formula is C30H27F3N6O3S. The number of methoxy groups -OCH3 is 1. The number of ether oxygens (including phenoxy) is 1. The molecule has 1 aliphatic rings. The molecule has 0 bridgehead atoms. The van der Waals surface area contributed by atoms with Crippen molar-refractivity contribution in [1.82, 2.24) is 14.8 Å². The number of anilines is 2. The predicted octanol–water partition coefficient (Wildman–Crippen LogP) is 7.06. The molecule has 1 fully saturated rings. The van der Waals surface area contributed by atoms with Gasteiger partial charge in [0.2, 0.25) is 5.91 Å². The third-order valence-corrected chi connectivity index (χ3v) is 7.64. The van der Waals surface area contributed by atoms with Gasteiger partial charge in [-0.15, -0.1) is 5.10 Å². The number of aryl methyl sites for hydroxylation is 1. The maximum atomic E-state index is 13.1. The molecule has 222 valence electrons. The van der Waals surface area contributed by atoms with E-state index in [2.05, 4.69) is 20.4 Å². The van der Waals surface area contributed by atoms with Crippen LogP contribution in [0.15, 0.2) is 72.0 Å². The Hall–Kier alpha value is -4.65. The van der Waals surface area contributed by atoms with Crippen LogP contribution in [0.2, 0.25) is 0 Å². The maximum absolute atomic E-state index is 13.1. The molecule has 1 aliphatic heterocycles. The van der Waals surface area contributed by atoms with Gasteiger partial charge < -0.3 is 10.1 Å². The molecule has 0 aliphatic carbocycles. The smallest absolute Gasteiger partial charge is 0.416 e. The van der Waals surface area contributed by atoms with E-state index in [0.717, 1.165) is 17.7 Å². The first-order chi connectivity index (χ1) is 20.4. The number of nitrogens with one attached hydrogen (secondary N) is 1. The van der Waals surface area contributed by atoms with E-state index in [1.54, 1.807) is 38.3 Å². The van der Waals surface area contributed by atoms with Gasteiger partial charge in [-0.25, -0.2) is 14.5 Å². The van der Waals surface area contributed by atoms with E-state index in [-0.39, 0.29) is 28.4 Å². The van der Waals surface area contributed by atoms with Crippen molar-refractivity contribution in [3.8, 4) is 22.8 Å². The number of hydrogen-bond acceptors (Lipinski definition) is 6. The molecule has 3 amide bonds. The molecule has 0 saturated carbocycles. The van der Waals surface area contributed by atoms with Crippen LogP contribution < -0.4 is 15.0 Å². The van der Waals surface area contributed by atoms with E-state index in [0.29, 0.717) is 34.1 Å². The Morgan fingerprint density at radius 3 is 2.60 bits per heavy atom. The lowest BCUT2D eigenvalue weighted by atomic mass is 10.00. The summed E-state index contributed by atoms with van der Waals surface area (Å²) in [6.07, 6.45) is -3.14. The van der Waals surface area contributed by atoms with Gasteiger partial charge in [-0.2, -0.15) is 18.2 Å². The Morgan fingerprint density at radius 1 is 1.12 bits per heavy atom. The molecule has 1 N–H and O–H groups in total. The minimum absolute atomic E-state index is 0.112. The van der Waals surface area contributed by atoms with Crippen LogP contribution in [-0.2, 0) is 11.0 Å². The van der Waals surface area contributed by atoms with Gasteiger partial charge in [-0.05, 0) is 66.4 Å². The highest BCUT2D eigenvalue weighted by Gasteiger charge is 2.33. The highest BCUT2D eigenvalue weighted by molar-refractivity contribution is 8.15. The molecule has 9 nitrogen and oxygen atoms in total. The van der Waals surface area contributed by atoms with Crippen molar-refractivity contribution >= 4 is 40.2 Å². The number of benzene rings is 3. The SMILES string of the molecule is COc1ccc(C(C)C)c(N2C(=O)CS/C2=N\C(=O)Nc2ccc(-c3ncn(-c4cccc(C(F)(F)F)c4)n3)cc2C)c1. The molecule has 0 unspecified atom stereocenters. The number of aliphatic imine (C=N–C) groups is 1. The fraction of sp³-hybridized carbons (Fsp3) is 0.233. The summed E-state index contributed by atoms with van der Waals surface area (Å²) in [4.78, 5) is 35.7. The van der Waals surface area contributed by atoms with Gasteiger partial charge >= 0.3 is 12.2 Å². The van der Waals surface area contributed by atoms with Crippen LogP contribution in [0, 0.1) is 6.92 Å². The van der Waals surface area contributed by atoms with Crippen LogP contribution in [0.3, 0.4) is 0 Å². The summed E-state index contributed by atoms with van der Waals surface area (Å²) in [6.45, 7) is 5.81. The van der Waals surface area contributed by atoms with Crippen molar-refractivity contribution in [3.63, 3.8) is 0 Å². The fourth-order valence-electron chi connectivity index (χ4n) is 4.53. The second-order valence-electron chi connectivity index (χ2n) is 10.0. The van der Waals surface area contributed by atoms with Crippen LogP contribution in [0.4, 0.5) is 29.3 Å². The molecule has 3 aromatic carbocycles. The molecule has 1 aromatic heterocycles. The lowest BCUT2D eigenvalue weighted by Gasteiger charge is -2.22. The lowest BCUT2D eigenvalue weighted by Crippen LogP contribution is -2.31. The molecule has 43 heavy (non-hydrogen) atoms. The van der Waals surface area contributed by atoms with Crippen molar-refractivity contribution in [1.29, 1.82) is 0 Å². The van der Waals surface area contributed by atoms with Gasteiger partial charge in [0, 0.05) is 17.3 Å². The first kappa shape index (κ1) is 29.8. The van der Waals surface area contributed by atoms with Gasteiger partial charge in [0.15, 0.2) is 11.0 Å². The van der Waals surface area contributed by atoms with Crippen LogP contribution in [0.5, 0.6) is 5.75 Å². The molecule has 5 rings (SSSR count). The summed E-state index contributed by atoms with van der Waals surface area (Å²) in [5, 5.41) is 7.35. The number of carbonyl (C=O) groups is 2. The summed E-state index contributed by atoms with van der Waals surface area (Å²) in [5.74, 6) is 0.951. The van der Waals surface area contributed by atoms with E-state index in [4.69, 9.17) is 4.74 Å². The normalized spacial score (nSPS) is 14.6. The van der Waals surface area contributed by atoms with Gasteiger partial charge in [-0.1, -0.05) is 37.7 Å². The standard InChI is InChI=1S/C30H27F3N6O3S/c1-17(2)23-10-9-22(42-4)14-25(23)39-26(40)15-43-29(39)36-28(41)35-24-11-8-19(12-18(24)3)27-34-16-38(37-27)21-7-5-6-20(13-21)30(31,32)33/h5-14,16-17H,15H2,1-4H3,(H,35,41)/b36-29-. The zero-order valence-electron chi connectivity index (χ0n) is 23.6. The second kappa shape index (κ2) is 11.9. The monoisotopic (exact) mass is 608 g/mol. The number of amides is 3. The summed E-state index contributed by atoms with van der Waals surface area (Å²) in [5.41, 5.74) is 2.75. The number of amidine groups is 1. The maximum Gasteiger partial charge on any atom is 0.416 e. The average molecular weight is 609 g/mol. The number of nitrogens with zero attached hydrogens (tertiary/aromatic N) is 5. The molecule has 0 radical (unpaired) electrons. The zero-order valence-corrected chi connectivity index (χ0v) is 24.5. The highest BCUT2D eigenvalue weighted by Crippen LogP contribution is 2.36. The summed E-state index contributed by atoms with van der Waals surface area (Å²) >= 11 is 1.18. The molecule has 4 aromatic rings. The average Bonchev–Trinajstić information content (AvgIpc) is 3.60. The summed E-state index contributed by atoms with van der Waals surface area (Å²) in [7, 11) is 1.54. The Morgan fingerprint density at radius 2 is 1.91 bits per heavy atom. The number of rotatable bonds is 6. The summed E-state index contributed by atoms with van der Waals surface area (Å²) < 4.78 is 46.0. The Kier molecular flexibility index (Phi) is 8.27. The van der Waals surface area contributed by atoms with Gasteiger partial charge in [0.1, 0.15) is 12.1 Å². The van der Waals surface area contributed by atoms with E-state index in [1.807, 2.05) is 26.0 Å². The number of carbonyl (C=O) groups excluding carboxylic acids is 2. The van der Waals surface area contributed by atoms with Crippen LogP contribution >= 0.6 is 11.8 Å². The minimum Gasteiger partial charge on any atom is -0.497 e. The van der Waals surface area contributed by atoms with Crippen LogP contribution in [0.25, 0.3) is 17.1 Å². The lowest BCUT2D eigenvalue weighted by molar-refractivity contribution is -0.137. The number of thioether (sulfide) groups is 1. The van der Waals surface area contributed by atoms with Gasteiger partial charge in [0.25, 0.3) is 0 Å². The van der Waals surface area contributed by atoms with Crippen LogP contribution in [0.1, 0.15) is 36.5 Å². The molecular weight excluding hydrogens is 581 g/mol. The van der Waals surface area contributed by atoms with Crippen molar-refractivity contribution < 1.29 is 27.5 Å². The van der Waals surface area contributed by atoms with Crippen molar-refractivity contribution in [2.24, 2.45) is 4.99 Å². The highest BCUT2D eigenvalue weighted by atomic mass is 32.2. The van der Waals surface area contributed by atoms with Gasteiger partial charge in [-0.3, -0.25) is 9.69 Å². The topological polar surface area (TPSA) is 102 Å². The largest absolute Gasteiger partial charge is 0.497 e. The van der Waals surface area contributed by atoms with Gasteiger partial charge in [0.05, 0.1) is 29.8 Å². The number of halogens is 3. The Bertz CT molecular complexity index is 1730. The van der Waals surface area contributed by atoms with E-state index < -0.39 is 17.8 Å². The third-order valence-electron chi connectivity index (χ3n) is 6.72. The predicted molar refractivity (Wildman–Crippen MR) is 160 cm³/mol. The Labute approximate surface area is 249 Å². The fourth-order valence-corrected chi connectivity index (χ4v) is 5.39. The number of hydrogen-bond donors (Lipinski definition) is 1. The third kappa shape index (κ3) is 6.41. The summed E-state index contributed by atoms with van der Waals surface area (Å²) in [6, 6.07) is 14.7. The zero-order chi connectivity index (χ0) is 30.9. The van der Waals surface area contributed by atoms with Crippen molar-refractivity contribution in [2.75, 3.05) is 23.1 Å². The molecule has 0 spiro atoms. The molecule has 1 saturated heterocycles. The molecule has 13 heteroatoms. The van der Waals surface area contributed by atoms with E-state index in [1.165, 1.54) is 39.8 Å². The first-order valence-corrected chi connectivity index (χ1v) is 14.2. The number of urea groups is 1. The van der Waals surface area contributed by atoms with E-state index in [9.17, 15) is 22.8 Å². The first-order valence-electron chi connectivity index (χ1n) is 13.2. The number of aromatic nitrogens is 3. The molecule has 0 atom stereocenters.